The summed E-state index contributed by atoms with van der Waals surface area (Å²) in [5.41, 5.74) is 0.456. The van der Waals surface area contributed by atoms with E-state index in [4.69, 9.17) is 11.6 Å². The number of fused-ring (bicyclic) bond motifs is 1. The van der Waals surface area contributed by atoms with Crippen LogP contribution in [-0.2, 0) is 11.8 Å². The van der Waals surface area contributed by atoms with Gasteiger partial charge < -0.3 is 14.6 Å². The average molecular weight is 311 g/mol. The molecule has 1 saturated carbocycles. The fourth-order valence-corrected chi connectivity index (χ4v) is 4.09. The standard InChI is InChI=1S/C15H19ClN2O3/c1-17-8-10(16)7-12(17)14(19)18-11-5-3-2-4-9(11)6-13(18)15(20)21/h7-9,11,13H,2-6H2,1H3,(H,20,21)/t9-,11+,13+/m1/s1. The number of halogens is 1. The molecule has 0 unspecified atom stereocenters. The van der Waals surface area contributed by atoms with Gasteiger partial charge in [-0.25, -0.2) is 4.79 Å². The number of rotatable bonds is 2. The molecule has 1 aliphatic heterocycles. The van der Waals surface area contributed by atoms with Gasteiger partial charge in [-0.05, 0) is 31.2 Å². The maximum absolute atomic E-state index is 12.8. The summed E-state index contributed by atoms with van der Waals surface area (Å²) in [5, 5.41) is 9.97. The minimum atomic E-state index is -0.905. The Morgan fingerprint density at radius 3 is 2.67 bits per heavy atom. The van der Waals surface area contributed by atoms with E-state index in [0.29, 0.717) is 23.1 Å². The Kier molecular flexibility index (Phi) is 3.69. The number of carboxylic acid groups (broad SMARTS) is 1. The molecule has 0 aromatic carbocycles. The number of aliphatic carboxylic acids is 1. The van der Waals surface area contributed by atoms with Gasteiger partial charge >= 0.3 is 5.97 Å². The van der Waals surface area contributed by atoms with Gasteiger partial charge in [-0.15, -0.1) is 0 Å². The van der Waals surface area contributed by atoms with E-state index in [2.05, 4.69) is 0 Å². The van der Waals surface area contributed by atoms with Gasteiger partial charge in [-0.1, -0.05) is 24.4 Å². The first-order valence-corrected chi connectivity index (χ1v) is 7.74. The Hall–Kier alpha value is -1.49. The van der Waals surface area contributed by atoms with Crippen molar-refractivity contribution in [2.75, 3.05) is 0 Å². The molecule has 0 radical (unpaired) electrons. The quantitative estimate of drug-likeness (QED) is 0.913. The average Bonchev–Trinajstić information content (AvgIpc) is 2.98. The molecule has 2 heterocycles. The first-order valence-electron chi connectivity index (χ1n) is 7.36. The van der Waals surface area contributed by atoms with Crippen molar-refractivity contribution in [2.24, 2.45) is 13.0 Å². The number of hydrogen-bond acceptors (Lipinski definition) is 2. The Morgan fingerprint density at radius 2 is 2.05 bits per heavy atom. The smallest absolute Gasteiger partial charge is 0.326 e. The summed E-state index contributed by atoms with van der Waals surface area (Å²) < 4.78 is 1.67. The zero-order valence-corrected chi connectivity index (χ0v) is 12.7. The van der Waals surface area contributed by atoms with Gasteiger partial charge in [0.15, 0.2) is 0 Å². The number of aromatic nitrogens is 1. The Morgan fingerprint density at radius 1 is 1.33 bits per heavy atom. The number of carbonyl (C=O) groups is 2. The maximum Gasteiger partial charge on any atom is 0.326 e. The number of likely N-dealkylation sites (tertiary alicyclic amines) is 1. The number of aryl methyl sites for hydroxylation is 1. The van der Waals surface area contributed by atoms with Crippen LogP contribution in [-0.4, -0.2) is 38.5 Å². The van der Waals surface area contributed by atoms with Crippen LogP contribution in [0.4, 0.5) is 0 Å². The van der Waals surface area contributed by atoms with Gasteiger partial charge in [0, 0.05) is 19.3 Å². The summed E-state index contributed by atoms with van der Waals surface area (Å²) in [6.07, 6.45) is 6.35. The molecule has 1 aliphatic carbocycles. The zero-order chi connectivity index (χ0) is 15.1. The molecule has 1 amide bonds. The second-order valence-corrected chi connectivity index (χ2v) is 6.50. The fraction of sp³-hybridized carbons (Fsp3) is 0.600. The van der Waals surface area contributed by atoms with Crippen molar-refractivity contribution < 1.29 is 14.7 Å². The monoisotopic (exact) mass is 310 g/mol. The molecule has 5 nitrogen and oxygen atoms in total. The summed E-state index contributed by atoms with van der Waals surface area (Å²) in [7, 11) is 1.75. The van der Waals surface area contributed by atoms with Gasteiger partial charge in [0.05, 0.1) is 5.02 Å². The Balaban J connectivity index is 1.94. The lowest BCUT2D eigenvalue weighted by Crippen LogP contribution is -2.46. The second-order valence-electron chi connectivity index (χ2n) is 6.07. The first-order chi connectivity index (χ1) is 9.99. The van der Waals surface area contributed by atoms with Crippen LogP contribution < -0.4 is 0 Å². The predicted molar refractivity (Wildman–Crippen MR) is 78.4 cm³/mol. The topological polar surface area (TPSA) is 62.5 Å². The third-order valence-electron chi connectivity index (χ3n) is 4.80. The minimum Gasteiger partial charge on any atom is -0.480 e. The molecular formula is C15H19ClN2O3. The van der Waals surface area contributed by atoms with Crippen molar-refractivity contribution in [1.29, 1.82) is 0 Å². The second kappa shape index (κ2) is 5.37. The van der Waals surface area contributed by atoms with Crippen LogP contribution in [0.15, 0.2) is 12.3 Å². The van der Waals surface area contributed by atoms with Crippen molar-refractivity contribution in [3.8, 4) is 0 Å². The third-order valence-corrected chi connectivity index (χ3v) is 5.01. The molecule has 1 N–H and O–H groups in total. The van der Waals surface area contributed by atoms with E-state index in [1.807, 2.05) is 0 Å². The summed E-state index contributed by atoms with van der Waals surface area (Å²) in [6.45, 7) is 0. The highest BCUT2D eigenvalue weighted by molar-refractivity contribution is 6.31. The van der Waals surface area contributed by atoms with Crippen molar-refractivity contribution in [3.63, 3.8) is 0 Å². The van der Waals surface area contributed by atoms with Gasteiger partial charge in [0.1, 0.15) is 11.7 Å². The SMILES string of the molecule is Cn1cc(Cl)cc1C(=O)N1[C@H](C(=O)O)C[C@H]2CCCC[C@@H]21. The highest BCUT2D eigenvalue weighted by Gasteiger charge is 2.48. The van der Waals surface area contributed by atoms with Crippen molar-refractivity contribution in [2.45, 2.75) is 44.2 Å². The van der Waals surface area contributed by atoms with Crippen LogP contribution in [0.25, 0.3) is 0 Å². The van der Waals surface area contributed by atoms with Crippen molar-refractivity contribution in [3.05, 3.63) is 23.0 Å². The number of carbonyl (C=O) groups excluding carboxylic acids is 1. The fourth-order valence-electron chi connectivity index (χ4n) is 3.84. The van der Waals surface area contributed by atoms with E-state index >= 15 is 0 Å². The molecule has 2 aliphatic rings. The molecule has 1 aromatic rings. The van der Waals surface area contributed by atoms with E-state index < -0.39 is 12.0 Å². The van der Waals surface area contributed by atoms with Gasteiger partial charge in [-0.3, -0.25) is 4.79 Å². The molecule has 0 spiro atoms. The molecule has 2 fully saturated rings. The molecular weight excluding hydrogens is 292 g/mol. The highest BCUT2D eigenvalue weighted by Crippen LogP contribution is 2.40. The van der Waals surface area contributed by atoms with Crippen LogP contribution in [0.2, 0.25) is 5.02 Å². The van der Waals surface area contributed by atoms with Crippen LogP contribution in [0, 0.1) is 5.92 Å². The summed E-state index contributed by atoms with van der Waals surface area (Å²) in [4.78, 5) is 26.0. The molecule has 3 rings (SSSR count). The molecule has 3 atom stereocenters. The Bertz CT molecular complexity index is 583. The molecule has 1 saturated heterocycles. The largest absolute Gasteiger partial charge is 0.480 e. The minimum absolute atomic E-state index is 0.0565. The lowest BCUT2D eigenvalue weighted by molar-refractivity contribution is -0.141. The summed E-state index contributed by atoms with van der Waals surface area (Å²) in [5.74, 6) is -0.802. The number of carboxylic acids is 1. The lowest BCUT2D eigenvalue weighted by atomic mass is 9.84. The van der Waals surface area contributed by atoms with Crippen molar-refractivity contribution >= 4 is 23.5 Å². The lowest BCUT2D eigenvalue weighted by Gasteiger charge is -2.33. The van der Waals surface area contributed by atoms with Crippen LogP contribution in [0.1, 0.15) is 42.6 Å². The Labute approximate surface area is 128 Å². The number of nitrogens with zero attached hydrogens (tertiary/aromatic N) is 2. The van der Waals surface area contributed by atoms with E-state index in [1.165, 1.54) is 0 Å². The van der Waals surface area contributed by atoms with Crippen LogP contribution in [0.5, 0.6) is 0 Å². The third kappa shape index (κ3) is 2.44. The number of hydrogen-bond donors (Lipinski definition) is 1. The summed E-state index contributed by atoms with van der Waals surface area (Å²) in [6, 6.07) is 0.958. The maximum atomic E-state index is 12.8. The van der Waals surface area contributed by atoms with Crippen LogP contribution in [0.3, 0.4) is 0 Å². The highest BCUT2D eigenvalue weighted by atomic mass is 35.5. The van der Waals surface area contributed by atoms with Gasteiger partial charge in [-0.2, -0.15) is 0 Å². The molecule has 114 valence electrons. The van der Waals surface area contributed by atoms with E-state index in [9.17, 15) is 14.7 Å². The normalized spacial score (nSPS) is 28.5. The molecule has 1 aromatic heterocycles. The first kappa shape index (κ1) is 14.4. The van der Waals surface area contributed by atoms with E-state index in [0.717, 1.165) is 25.7 Å². The zero-order valence-electron chi connectivity index (χ0n) is 12.0. The molecule has 0 bridgehead atoms. The van der Waals surface area contributed by atoms with E-state index in [-0.39, 0.29) is 11.9 Å². The molecule has 6 heteroatoms. The van der Waals surface area contributed by atoms with Gasteiger partial charge in [0.2, 0.25) is 0 Å². The summed E-state index contributed by atoms with van der Waals surface area (Å²) >= 11 is 5.94. The number of amides is 1. The van der Waals surface area contributed by atoms with Crippen LogP contribution >= 0.6 is 11.6 Å². The van der Waals surface area contributed by atoms with Crippen molar-refractivity contribution in [1.82, 2.24) is 9.47 Å². The van der Waals surface area contributed by atoms with Gasteiger partial charge in [0.25, 0.3) is 5.91 Å². The predicted octanol–water partition coefficient (Wildman–Crippen LogP) is 2.54. The molecule has 21 heavy (non-hydrogen) atoms. The van der Waals surface area contributed by atoms with E-state index in [1.54, 1.807) is 28.8 Å².